The van der Waals surface area contributed by atoms with E-state index < -0.39 is 16.1 Å². The van der Waals surface area contributed by atoms with Crippen molar-refractivity contribution in [2.24, 2.45) is 5.92 Å². The molecule has 3 rings (SSSR count). The number of nitrogens with zero attached hydrogens (tertiary/aromatic N) is 4. The Morgan fingerprint density at radius 1 is 1.36 bits per heavy atom. The van der Waals surface area contributed by atoms with Crippen molar-refractivity contribution in [2.75, 3.05) is 27.2 Å². The fourth-order valence-electron chi connectivity index (χ4n) is 2.95. The molecule has 1 N–H and O–H groups in total. The molecule has 9 nitrogen and oxygen atoms in total. The van der Waals surface area contributed by atoms with Gasteiger partial charge in [-0.3, -0.25) is 4.79 Å². The Kier molecular flexibility index (Phi) is 6.33. The van der Waals surface area contributed by atoms with E-state index in [1.807, 2.05) is 0 Å². The number of carbonyl (C=O) groups excluding carboxylic acids is 1. The molecule has 152 valence electrons. The number of carbonyl (C=O) groups is 1. The summed E-state index contributed by atoms with van der Waals surface area (Å²) in [6, 6.07) is 7.01. The first-order chi connectivity index (χ1) is 13.3. The van der Waals surface area contributed by atoms with Gasteiger partial charge < -0.3 is 9.84 Å². The number of aromatic nitrogens is 2. The molecular weight excluding hydrogens is 406 g/mol. The number of amides is 1. The van der Waals surface area contributed by atoms with Gasteiger partial charge >= 0.3 is 0 Å². The molecule has 0 aliphatic carbocycles. The molecule has 0 bridgehead atoms. The smallest absolute Gasteiger partial charge is 0.281 e. The van der Waals surface area contributed by atoms with Crippen LogP contribution in [-0.2, 0) is 21.5 Å². The Morgan fingerprint density at radius 3 is 2.75 bits per heavy atom. The van der Waals surface area contributed by atoms with Crippen LogP contribution in [0.5, 0.6) is 0 Å². The van der Waals surface area contributed by atoms with Crippen molar-refractivity contribution in [1.82, 2.24) is 24.1 Å². The Morgan fingerprint density at radius 2 is 2.07 bits per heavy atom. The quantitative estimate of drug-likeness (QED) is 0.748. The summed E-state index contributed by atoms with van der Waals surface area (Å²) in [6.07, 6.45) is 1.26. The topological polar surface area (TPSA) is 109 Å². The highest BCUT2D eigenvalue weighted by atomic mass is 35.5. The van der Waals surface area contributed by atoms with Crippen LogP contribution in [0.4, 0.5) is 0 Å². The maximum atomic E-state index is 12.5. The number of benzene rings is 1. The predicted molar refractivity (Wildman–Crippen MR) is 103 cm³/mol. The molecule has 2 heterocycles. The van der Waals surface area contributed by atoms with Gasteiger partial charge in [-0.15, -0.1) is 0 Å². The van der Waals surface area contributed by atoms with Crippen molar-refractivity contribution in [3.05, 3.63) is 35.2 Å². The van der Waals surface area contributed by atoms with Crippen molar-refractivity contribution in [3.8, 4) is 11.4 Å². The summed E-state index contributed by atoms with van der Waals surface area (Å²) < 4.78 is 32.2. The molecule has 0 unspecified atom stereocenters. The maximum absolute atomic E-state index is 12.5. The normalized spacial score (nSPS) is 18.4. The Labute approximate surface area is 168 Å². The van der Waals surface area contributed by atoms with Crippen LogP contribution in [0.15, 0.2) is 28.8 Å². The number of piperidine rings is 1. The van der Waals surface area contributed by atoms with Gasteiger partial charge in [0.05, 0.1) is 12.5 Å². The van der Waals surface area contributed by atoms with Gasteiger partial charge in [-0.1, -0.05) is 16.8 Å². The second-order valence-electron chi connectivity index (χ2n) is 6.72. The third-order valence-electron chi connectivity index (χ3n) is 4.53. The zero-order valence-corrected chi connectivity index (χ0v) is 17.2. The van der Waals surface area contributed by atoms with Gasteiger partial charge in [0, 0.05) is 37.8 Å². The highest BCUT2D eigenvalue weighted by Crippen LogP contribution is 2.21. The van der Waals surface area contributed by atoms with Crippen LogP contribution in [0.2, 0.25) is 5.02 Å². The lowest BCUT2D eigenvalue weighted by Gasteiger charge is -2.32. The molecule has 11 heteroatoms. The predicted octanol–water partition coefficient (Wildman–Crippen LogP) is 1.52. The average molecular weight is 428 g/mol. The van der Waals surface area contributed by atoms with E-state index in [-0.39, 0.29) is 24.9 Å². The molecule has 2 aromatic rings. The van der Waals surface area contributed by atoms with Crippen molar-refractivity contribution in [1.29, 1.82) is 0 Å². The molecule has 1 aromatic heterocycles. The van der Waals surface area contributed by atoms with Gasteiger partial charge in [0.15, 0.2) is 0 Å². The minimum absolute atomic E-state index is 0.0797. The SMILES string of the molecule is CN(C)S(=O)(=O)N1CCC[C@@H](C(=O)NCc2nc(-c3ccc(Cl)cc3)no2)C1. The van der Waals surface area contributed by atoms with Crippen LogP contribution >= 0.6 is 11.6 Å². The lowest BCUT2D eigenvalue weighted by Crippen LogP contribution is -2.48. The molecule has 0 radical (unpaired) electrons. The monoisotopic (exact) mass is 427 g/mol. The second kappa shape index (κ2) is 8.56. The van der Waals surface area contributed by atoms with Gasteiger partial charge in [0.1, 0.15) is 0 Å². The minimum Gasteiger partial charge on any atom is -0.347 e. The number of nitrogens with one attached hydrogen (secondary N) is 1. The summed E-state index contributed by atoms with van der Waals surface area (Å²) in [5.74, 6) is 0.0285. The number of halogens is 1. The minimum atomic E-state index is -3.53. The molecule has 1 aliphatic heterocycles. The Hall–Kier alpha value is -2.01. The van der Waals surface area contributed by atoms with Crippen molar-refractivity contribution in [2.45, 2.75) is 19.4 Å². The Balaban J connectivity index is 1.58. The van der Waals surface area contributed by atoms with E-state index in [1.54, 1.807) is 24.3 Å². The zero-order chi connectivity index (χ0) is 20.3. The summed E-state index contributed by atoms with van der Waals surface area (Å²) >= 11 is 5.86. The van der Waals surface area contributed by atoms with Crippen molar-refractivity contribution in [3.63, 3.8) is 0 Å². The molecule has 1 fully saturated rings. The van der Waals surface area contributed by atoms with Crippen molar-refractivity contribution < 1.29 is 17.7 Å². The molecule has 0 saturated carbocycles. The largest absolute Gasteiger partial charge is 0.347 e. The molecule has 0 spiro atoms. The fraction of sp³-hybridized carbons (Fsp3) is 0.471. The number of hydrogen-bond donors (Lipinski definition) is 1. The molecular formula is C17H22ClN5O4S. The van der Waals surface area contributed by atoms with Crippen LogP contribution in [0, 0.1) is 5.92 Å². The van der Waals surface area contributed by atoms with Crippen LogP contribution in [0.1, 0.15) is 18.7 Å². The van der Waals surface area contributed by atoms with Crippen LogP contribution in [0.3, 0.4) is 0 Å². The van der Waals surface area contributed by atoms with E-state index in [2.05, 4.69) is 15.5 Å². The summed E-state index contributed by atoms with van der Waals surface area (Å²) in [5, 5.41) is 7.26. The van der Waals surface area contributed by atoms with E-state index in [0.717, 1.165) is 9.87 Å². The zero-order valence-electron chi connectivity index (χ0n) is 15.6. The number of hydrogen-bond acceptors (Lipinski definition) is 6. The fourth-order valence-corrected chi connectivity index (χ4v) is 4.26. The summed E-state index contributed by atoms with van der Waals surface area (Å²) in [6.45, 7) is 0.654. The first-order valence-corrected chi connectivity index (χ1v) is 10.6. The van der Waals surface area contributed by atoms with Crippen LogP contribution < -0.4 is 5.32 Å². The molecule has 1 atom stereocenters. The number of rotatable bonds is 6. The first kappa shape index (κ1) is 20.7. The van der Waals surface area contributed by atoms with Crippen molar-refractivity contribution >= 4 is 27.7 Å². The first-order valence-electron chi connectivity index (χ1n) is 8.81. The molecule has 1 amide bonds. The van der Waals surface area contributed by atoms with Gasteiger partial charge in [0.25, 0.3) is 10.2 Å². The average Bonchev–Trinajstić information content (AvgIpc) is 3.15. The summed E-state index contributed by atoms with van der Waals surface area (Å²) in [5.41, 5.74) is 0.752. The van der Waals surface area contributed by atoms with E-state index in [0.29, 0.717) is 30.2 Å². The maximum Gasteiger partial charge on any atom is 0.281 e. The van der Waals surface area contributed by atoms with Gasteiger partial charge in [-0.25, -0.2) is 0 Å². The third kappa shape index (κ3) is 4.69. The molecule has 1 saturated heterocycles. The second-order valence-corrected chi connectivity index (χ2v) is 9.30. The van der Waals surface area contributed by atoms with E-state index >= 15 is 0 Å². The highest BCUT2D eigenvalue weighted by Gasteiger charge is 2.33. The summed E-state index contributed by atoms with van der Waals surface area (Å²) in [7, 11) is -0.569. The lowest BCUT2D eigenvalue weighted by atomic mass is 9.99. The van der Waals surface area contributed by atoms with E-state index in [1.165, 1.54) is 18.4 Å². The van der Waals surface area contributed by atoms with Gasteiger partial charge in [-0.2, -0.15) is 22.0 Å². The molecule has 1 aromatic carbocycles. The standard InChI is InChI=1S/C17H22ClN5O4S/c1-22(2)28(25,26)23-9-3-4-13(11-23)17(24)19-10-15-20-16(21-27-15)12-5-7-14(18)8-6-12/h5-8,13H,3-4,9-11H2,1-2H3,(H,19,24)/t13-/m1/s1. The van der Waals surface area contributed by atoms with Gasteiger partial charge in [0.2, 0.25) is 17.6 Å². The molecule has 1 aliphatic rings. The third-order valence-corrected chi connectivity index (χ3v) is 6.69. The summed E-state index contributed by atoms with van der Waals surface area (Å²) in [4.78, 5) is 16.7. The highest BCUT2D eigenvalue weighted by molar-refractivity contribution is 7.86. The van der Waals surface area contributed by atoms with E-state index in [4.69, 9.17) is 16.1 Å². The van der Waals surface area contributed by atoms with Crippen LogP contribution in [0.25, 0.3) is 11.4 Å². The Bertz CT molecular complexity index is 929. The van der Waals surface area contributed by atoms with Gasteiger partial charge in [-0.05, 0) is 37.1 Å². The lowest BCUT2D eigenvalue weighted by molar-refractivity contribution is -0.126. The van der Waals surface area contributed by atoms with E-state index in [9.17, 15) is 13.2 Å². The van der Waals surface area contributed by atoms with Crippen LogP contribution in [-0.4, -0.2) is 60.3 Å². The molecule has 28 heavy (non-hydrogen) atoms.